The number of hydrogen-bond acceptors (Lipinski definition) is 3. The highest BCUT2D eigenvalue weighted by Gasteiger charge is 2.09. The van der Waals surface area contributed by atoms with Crippen LogP contribution in [0, 0.1) is 5.82 Å². The number of nitrogens with two attached hydrogens (primary N) is 1. The first-order valence-corrected chi connectivity index (χ1v) is 5.23. The molecule has 0 bridgehead atoms. The first-order chi connectivity index (χ1) is 7.04. The van der Waals surface area contributed by atoms with Crippen LogP contribution in [0.1, 0.15) is 12.5 Å². The van der Waals surface area contributed by atoms with Crippen LogP contribution in [0.2, 0.25) is 0 Å². The minimum Gasteiger partial charge on any atom is -0.466 e. The Balaban J connectivity index is 2.83. The van der Waals surface area contributed by atoms with Crippen molar-refractivity contribution in [3.63, 3.8) is 0 Å². The van der Waals surface area contributed by atoms with Gasteiger partial charge in [-0.25, -0.2) is 4.39 Å². The summed E-state index contributed by atoms with van der Waals surface area (Å²) in [6, 6.07) is 2.94. The molecule has 3 nitrogen and oxygen atoms in total. The predicted octanol–water partition coefficient (Wildman–Crippen LogP) is 2.28. The molecule has 0 fully saturated rings. The third-order valence-electron chi connectivity index (χ3n) is 1.77. The van der Waals surface area contributed by atoms with Crippen LogP contribution in [0.25, 0.3) is 0 Å². The monoisotopic (exact) mass is 275 g/mol. The fourth-order valence-corrected chi connectivity index (χ4v) is 1.67. The average Bonchev–Trinajstić information content (AvgIpc) is 2.14. The second kappa shape index (κ2) is 5.11. The van der Waals surface area contributed by atoms with E-state index in [1.54, 1.807) is 6.92 Å². The van der Waals surface area contributed by atoms with Crippen molar-refractivity contribution in [3.05, 3.63) is 28.0 Å². The summed E-state index contributed by atoms with van der Waals surface area (Å²) in [5.41, 5.74) is 6.06. The highest BCUT2D eigenvalue weighted by Crippen LogP contribution is 2.23. The number of halogens is 2. The van der Waals surface area contributed by atoms with Gasteiger partial charge in [-0.3, -0.25) is 4.79 Å². The Bertz CT molecular complexity index is 359. The summed E-state index contributed by atoms with van der Waals surface area (Å²) >= 11 is 3.02. The molecule has 5 heteroatoms. The Morgan fingerprint density at radius 2 is 2.27 bits per heavy atom. The number of anilines is 1. The van der Waals surface area contributed by atoms with Crippen molar-refractivity contribution >= 4 is 27.6 Å². The molecule has 0 saturated carbocycles. The maximum Gasteiger partial charge on any atom is 0.310 e. The van der Waals surface area contributed by atoms with Gasteiger partial charge in [-0.1, -0.05) is 0 Å². The maximum atomic E-state index is 13.1. The molecule has 1 rings (SSSR count). The maximum absolute atomic E-state index is 13.1. The van der Waals surface area contributed by atoms with Gasteiger partial charge in [-0.15, -0.1) is 0 Å². The molecule has 0 spiro atoms. The molecule has 0 unspecified atom stereocenters. The third kappa shape index (κ3) is 3.20. The van der Waals surface area contributed by atoms with E-state index in [1.807, 2.05) is 0 Å². The van der Waals surface area contributed by atoms with Gasteiger partial charge in [0.25, 0.3) is 0 Å². The fraction of sp³-hybridized carbons (Fsp3) is 0.300. The minimum atomic E-state index is -0.511. The van der Waals surface area contributed by atoms with E-state index < -0.39 is 5.82 Å². The van der Waals surface area contributed by atoms with Crippen molar-refractivity contribution < 1.29 is 13.9 Å². The SMILES string of the molecule is CCOC(=O)Cc1cc(N)c(F)c(Br)c1. The third-order valence-corrected chi connectivity index (χ3v) is 2.35. The molecule has 82 valence electrons. The van der Waals surface area contributed by atoms with Crippen molar-refractivity contribution in [2.24, 2.45) is 0 Å². The number of rotatable bonds is 3. The lowest BCUT2D eigenvalue weighted by Crippen LogP contribution is -2.08. The number of benzene rings is 1. The molecule has 2 N–H and O–H groups in total. The first-order valence-electron chi connectivity index (χ1n) is 4.43. The summed E-state index contributed by atoms with van der Waals surface area (Å²) in [6.45, 7) is 2.06. The van der Waals surface area contributed by atoms with Crippen molar-refractivity contribution in [3.8, 4) is 0 Å². The van der Waals surface area contributed by atoms with Crippen LogP contribution in [0.3, 0.4) is 0 Å². The van der Waals surface area contributed by atoms with Gasteiger partial charge in [0.15, 0.2) is 5.82 Å². The number of carbonyl (C=O) groups is 1. The van der Waals surface area contributed by atoms with Crippen LogP contribution < -0.4 is 5.73 Å². The summed E-state index contributed by atoms with van der Waals surface area (Å²) in [5.74, 6) is -0.863. The van der Waals surface area contributed by atoms with Gasteiger partial charge < -0.3 is 10.5 Å². The smallest absolute Gasteiger partial charge is 0.310 e. The molecule has 0 aliphatic rings. The number of esters is 1. The molecule has 1 aromatic rings. The molecule has 0 atom stereocenters. The van der Waals surface area contributed by atoms with Crippen molar-refractivity contribution in [1.29, 1.82) is 0 Å². The molecule has 1 aromatic carbocycles. The van der Waals surface area contributed by atoms with E-state index in [0.29, 0.717) is 12.2 Å². The van der Waals surface area contributed by atoms with Gasteiger partial charge in [0.1, 0.15) is 0 Å². The molecule has 15 heavy (non-hydrogen) atoms. The summed E-state index contributed by atoms with van der Waals surface area (Å²) in [4.78, 5) is 11.1. The zero-order chi connectivity index (χ0) is 11.4. The average molecular weight is 276 g/mol. The largest absolute Gasteiger partial charge is 0.466 e. The second-order valence-corrected chi connectivity index (χ2v) is 3.82. The quantitative estimate of drug-likeness (QED) is 0.680. The van der Waals surface area contributed by atoms with E-state index in [9.17, 15) is 9.18 Å². The number of ether oxygens (including phenoxy) is 1. The Kier molecular flexibility index (Phi) is 4.08. The lowest BCUT2D eigenvalue weighted by Gasteiger charge is -2.05. The van der Waals surface area contributed by atoms with Gasteiger partial charge in [-0.2, -0.15) is 0 Å². The Morgan fingerprint density at radius 1 is 1.60 bits per heavy atom. The molecule has 0 aliphatic carbocycles. The Labute approximate surface area is 95.5 Å². The van der Waals surface area contributed by atoms with Gasteiger partial charge in [-0.05, 0) is 40.5 Å². The first kappa shape index (κ1) is 12.0. The molecule has 0 aromatic heterocycles. The summed E-state index contributed by atoms with van der Waals surface area (Å²) in [5, 5.41) is 0. The molecule has 0 radical (unpaired) electrons. The number of nitrogen functional groups attached to an aromatic ring is 1. The fourth-order valence-electron chi connectivity index (χ4n) is 1.15. The summed E-state index contributed by atoms with van der Waals surface area (Å²) in [6.07, 6.45) is 0.0942. The van der Waals surface area contributed by atoms with Crippen LogP contribution >= 0.6 is 15.9 Å². The second-order valence-electron chi connectivity index (χ2n) is 2.96. The minimum absolute atomic E-state index is 0.0173. The zero-order valence-corrected chi connectivity index (χ0v) is 9.80. The molecular formula is C10H11BrFNO2. The van der Waals surface area contributed by atoms with E-state index in [4.69, 9.17) is 10.5 Å². The van der Waals surface area contributed by atoms with Gasteiger partial charge >= 0.3 is 5.97 Å². The van der Waals surface area contributed by atoms with Gasteiger partial charge in [0.05, 0.1) is 23.2 Å². The molecule has 0 aliphatic heterocycles. The lowest BCUT2D eigenvalue weighted by molar-refractivity contribution is -0.142. The van der Waals surface area contributed by atoms with Crippen LogP contribution in [0.5, 0.6) is 0 Å². The molecule has 0 amide bonds. The van der Waals surface area contributed by atoms with Gasteiger partial charge in [0.2, 0.25) is 0 Å². The van der Waals surface area contributed by atoms with Crippen LogP contribution in [-0.2, 0) is 16.0 Å². The zero-order valence-electron chi connectivity index (χ0n) is 8.22. The normalized spacial score (nSPS) is 10.1. The topological polar surface area (TPSA) is 52.3 Å². The molecule has 0 heterocycles. The number of hydrogen-bond donors (Lipinski definition) is 1. The standard InChI is InChI=1S/C10H11BrFNO2/c1-2-15-9(14)5-6-3-7(11)10(12)8(13)4-6/h3-4H,2,5,13H2,1H3. The van der Waals surface area contributed by atoms with E-state index >= 15 is 0 Å². The highest BCUT2D eigenvalue weighted by molar-refractivity contribution is 9.10. The van der Waals surface area contributed by atoms with Crippen LogP contribution in [0.15, 0.2) is 16.6 Å². The summed E-state index contributed by atoms with van der Waals surface area (Å²) in [7, 11) is 0. The van der Waals surface area contributed by atoms with E-state index in [0.717, 1.165) is 0 Å². The summed E-state index contributed by atoms with van der Waals surface area (Å²) < 4.78 is 18.1. The van der Waals surface area contributed by atoms with E-state index in [1.165, 1.54) is 12.1 Å². The molecular weight excluding hydrogens is 265 g/mol. The van der Waals surface area contributed by atoms with Crippen LogP contribution in [0.4, 0.5) is 10.1 Å². The van der Waals surface area contributed by atoms with Crippen LogP contribution in [-0.4, -0.2) is 12.6 Å². The number of carbonyl (C=O) groups excluding carboxylic acids is 1. The van der Waals surface area contributed by atoms with E-state index in [2.05, 4.69) is 15.9 Å². The van der Waals surface area contributed by atoms with Crippen molar-refractivity contribution in [2.45, 2.75) is 13.3 Å². The predicted molar refractivity (Wildman–Crippen MR) is 58.8 cm³/mol. The van der Waals surface area contributed by atoms with Crippen molar-refractivity contribution in [2.75, 3.05) is 12.3 Å². The highest BCUT2D eigenvalue weighted by atomic mass is 79.9. The van der Waals surface area contributed by atoms with Gasteiger partial charge in [0, 0.05) is 0 Å². The van der Waals surface area contributed by atoms with Crippen molar-refractivity contribution in [1.82, 2.24) is 0 Å². The lowest BCUT2D eigenvalue weighted by atomic mass is 10.1. The Hall–Kier alpha value is -1.10. The Morgan fingerprint density at radius 3 is 2.80 bits per heavy atom. The van der Waals surface area contributed by atoms with E-state index in [-0.39, 0.29) is 22.6 Å². The molecule has 0 saturated heterocycles.